The molecule has 0 saturated heterocycles. The van der Waals surface area contributed by atoms with E-state index in [0.29, 0.717) is 18.6 Å². The largest absolute Gasteiger partial charge is 0.388 e. The molecule has 0 amide bonds. The normalized spacial score (nSPS) is 23.8. The summed E-state index contributed by atoms with van der Waals surface area (Å²) >= 11 is 0. The summed E-state index contributed by atoms with van der Waals surface area (Å²) in [6, 6.07) is 7.33. The summed E-state index contributed by atoms with van der Waals surface area (Å²) in [6.07, 6.45) is 7.25. The molecular weight excluding hydrogens is 298 g/mol. The Morgan fingerprint density at radius 1 is 1.42 bits per heavy atom. The fraction of sp³-hybridized carbons (Fsp3) is 0.550. The SMILES string of the molecule is COCCN/C=C(\C=N)c1ccc2c(c1)CC(C)[C@H](C1CC1)N2C. The number of nitrogens with one attached hydrogen (secondary N) is 2. The molecule has 3 rings (SSSR count). The number of anilines is 1. The maximum absolute atomic E-state index is 7.72. The van der Waals surface area contributed by atoms with Gasteiger partial charge < -0.3 is 20.4 Å². The molecule has 1 aromatic rings. The Hall–Kier alpha value is -1.81. The first-order valence-electron chi connectivity index (χ1n) is 8.94. The Kier molecular flexibility index (Phi) is 5.24. The van der Waals surface area contributed by atoms with Crippen LogP contribution in [0.3, 0.4) is 0 Å². The fourth-order valence-electron chi connectivity index (χ4n) is 4.05. The lowest BCUT2D eigenvalue weighted by atomic mass is 9.84. The van der Waals surface area contributed by atoms with Gasteiger partial charge in [-0.2, -0.15) is 0 Å². The topological polar surface area (TPSA) is 48.4 Å². The number of fused-ring (bicyclic) bond motifs is 1. The summed E-state index contributed by atoms with van der Waals surface area (Å²) < 4.78 is 5.04. The van der Waals surface area contributed by atoms with Crippen LogP contribution < -0.4 is 10.2 Å². The van der Waals surface area contributed by atoms with Gasteiger partial charge in [0.25, 0.3) is 0 Å². The van der Waals surface area contributed by atoms with E-state index in [2.05, 4.69) is 42.4 Å². The summed E-state index contributed by atoms with van der Waals surface area (Å²) in [5.41, 5.74) is 4.79. The Morgan fingerprint density at radius 2 is 2.21 bits per heavy atom. The third kappa shape index (κ3) is 3.48. The van der Waals surface area contributed by atoms with E-state index in [1.54, 1.807) is 7.11 Å². The molecule has 1 fully saturated rings. The lowest BCUT2D eigenvalue weighted by molar-refractivity contribution is 0.203. The lowest BCUT2D eigenvalue weighted by Gasteiger charge is -2.41. The van der Waals surface area contributed by atoms with Crippen LogP contribution in [0.5, 0.6) is 0 Å². The van der Waals surface area contributed by atoms with Gasteiger partial charge in [-0.25, -0.2) is 0 Å². The highest BCUT2D eigenvalue weighted by molar-refractivity contribution is 6.08. The van der Waals surface area contributed by atoms with E-state index in [0.717, 1.165) is 30.0 Å². The molecule has 2 N–H and O–H groups in total. The van der Waals surface area contributed by atoms with Crippen LogP contribution in [0.1, 0.15) is 30.9 Å². The molecule has 1 unspecified atom stereocenters. The first-order chi connectivity index (χ1) is 11.7. The molecule has 1 saturated carbocycles. The van der Waals surface area contributed by atoms with Crippen LogP contribution in [-0.4, -0.2) is 39.6 Å². The van der Waals surface area contributed by atoms with Crippen molar-refractivity contribution in [1.29, 1.82) is 5.41 Å². The minimum Gasteiger partial charge on any atom is -0.388 e. The van der Waals surface area contributed by atoms with Crippen LogP contribution in [0.25, 0.3) is 5.57 Å². The molecule has 1 heterocycles. The van der Waals surface area contributed by atoms with E-state index < -0.39 is 0 Å². The zero-order chi connectivity index (χ0) is 17.1. The van der Waals surface area contributed by atoms with Crippen molar-refractivity contribution in [2.24, 2.45) is 11.8 Å². The van der Waals surface area contributed by atoms with E-state index in [1.807, 2.05) is 6.20 Å². The molecule has 24 heavy (non-hydrogen) atoms. The Bertz CT molecular complexity index is 621. The summed E-state index contributed by atoms with van der Waals surface area (Å²) in [5, 5.41) is 10.9. The van der Waals surface area contributed by atoms with Crippen LogP contribution in [0, 0.1) is 17.2 Å². The van der Waals surface area contributed by atoms with Gasteiger partial charge in [0.2, 0.25) is 0 Å². The first-order valence-corrected chi connectivity index (χ1v) is 8.94. The van der Waals surface area contributed by atoms with E-state index >= 15 is 0 Å². The summed E-state index contributed by atoms with van der Waals surface area (Å²) in [6.45, 7) is 3.80. The Balaban J connectivity index is 1.80. The van der Waals surface area contributed by atoms with Crippen molar-refractivity contribution in [3.8, 4) is 0 Å². The molecule has 2 atom stereocenters. The molecule has 0 radical (unpaired) electrons. The number of benzene rings is 1. The van der Waals surface area contributed by atoms with Gasteiger partial charge in [-0.05, 0) is 54.4 Å². The van der Waals surface area contributed by atoms with Gasteiger partial charge in [-0.3, -0.25) is 0 Å². The smallest absolute Gasteiger partial charge is 0.0635 e. The fourth-order valence-corrected chi connectivity index (χ4v) is 4.05. The second kappa shape index (κ2) is 7.39. The number of ether oxygens (including phenoxy) is 1. The molecule has 1 aromatic carbocycles. The zero-order valence-corrected chi connectivity index (χ0v) is 15.0. The van der Waals surface area contributed by atoms with Crippen LogP contribution in [-0.2, 0) is 11.2 Å². The minimum absolute atomic E-state index is 0.664. The highest BCUT2D eigenvalue weighted by Gasteiger charge is 2.40. The maximum atomic E-state index is 7.72. The highest BCUT2D eigenvalue weighted by atomic mass is 16.5. The molecule has 4 nitrogen and oxygen atoms in total. The number of methoxy groups -OCH3 is 1. The summed E-state index contributed by atoms with van der Waals surface area (Å²) in [4.78, 5) is 2.50. The first kappa shape index (κ1) is 17.0. The van der Waals surface area contributed by atoms with Crippen molar-refractivity contribution in [1.82, 2.24) is 5.32 Å². The van der Waals surface area contributed by atoms with Gasteiger partial charge >= 0.3 is 0 Å². The van der Waals surface area contributed by atoms with Crippen LogP contribution in [0.2, 0.25) is 0 Å². The van der Waals surface area contributed by atoms with Crippen LogP contribution in [0.4, 0.5) is 5.69 Å². The Morgan fingerprint density at radius 3 is 2.88 bits per heavy atom. The summed E-state index contributed by atoms with van der Waals surface area (Å²) in [7, 11) is 3.94. The molecule has 0 aromatic heterocycles. The number of allylic oxidation sites excluding steroid dienone is 1. The van der Waals surface area contributed by atoms with Gasteiger partial charge in [-0.1, -0.05) is 13.0 Å². The van der Waals surface area contributed by atoms with Crippen molar-refractivity contribution in [3.63, 3.8) is 0 Å². The predicted molar refractivity (Wildman–Crippen MR) is 101 cm³/mol. The molecule has 130 valence electrons. The van der Waals surface area contributed by atoms with Gasteiger partial charge in [0.05, 0.1) is 6.61 Å². The number of hydrogen-bond acceptors (Lipinski definition) is 4. The molecule has 0 bridgehead atoms. The van der Waals surface area contributed by atoms with Crippen molar-refractivity contribution >= 4 is 17.5 Å². The second-order valence-electron chi connectivity index (χ2n) is 7.15. The predicted octanol–water partition coefficient (Wildman–Crippen LogP) is 3.32. The molecular formula is C20H29N3O. The molecule has 1 aliphatic carbocycles. The monoisotopic (exact) mass is 327 g/mol. The van der Waals surface area contributed by atoms with Gasteiger partial charge in [0, 0.05) is 50.4 Å². The van der Waals surface area contributed by atoms with E-state index in [-0.39, 0.29) is 0 Å². The van der Waals surface area contributed by atoms with Gasteiger partial charge in [-0.15, -0.1) is 0 Å². The summed E-state index contributed by atoms with van der Waals surface area (Å²) in [5.74, 6) is 1.58. The number of rotatable bonds is 7. The molecule has 1 aliphatic heterocycles. The van der Waals surface area contributed by atoms with Crippen molar-refractivity contribution in [2.75, 3.05) is 32.2 Å². The van der Waals surface area contributed by atoms with Crippen LogP contribution in [0.15, 0.2) is 24.4 Å². The number of nitrogens with zero attached hydrogens (tertiary/aromatic N) is 1. The third-order valence-corrected chi connectivity index (χ3v) is 5.33. The van der Waals surface area contributed by atoms with Gasteiger partial charge in [0.15, 0.2) is 0 Å². The minimum atomic E-state index is 0.664. The maximum Gasteiger partial charge on any atom is 0.0635 e. The average Bonchev–Trinajstić information content (AvgIpc) is 3.39. The quantitative estimate of drug-likeness (QED) is 0.596. The van der Waals surface area contributed by atoms with Crippen molar-refractivity contribution in [3.05, 3.63) is 35.5 Å². The standard InChI is InChI=1S/C20H29N3O/c1-14-10-17-11-16(18(12-21)13-22-8-9-24-3)6-7-19(17)23(2)20(14)15-4-5-15/h6-7,11-15,20-22H,4-5,8-10H2,1-3H3/b18-13+,21-12?/t14?,20-/m1/s1. The Labute approximate surface area is 145 Å². The van der Waals surface area contributed by atoms with Crippen molar-refractivity contribution < 1.29 is 4.74 Å². The van der Waals surface area contributed by atoms with E-state index in [9.17, 15) is 0 Å². The molecule has 0 spiro atoms. The number of hydrogen-bond donors (Lipinski definition) is 2. The van der Waals surface area contributed by atoms with Crippen molar-refractivity contribution in [2.45, 2.75) is 32.2 Å². The molecule has 4 heteroatoms. The van der Waals surface area contributed by atoms with Gasteiger partial charge in [0.1, 0.15) is 0 Å². The average molecular weight is 327 g/mol. The molecule has 2 aliphatic rings. The zero-order valence-electron chi connectivity index (χ0n) is 15.0. The lowest BCUT2D eigenvalue weighted by Crippen LogP contribution is -2.43. The third-order valence-electron chi connectivity index (χ3n) is 5.33. The highest BCUT2D eigenvalue weighted by Crippen LogP contribution is 2.44. The second-order valence-corrected chi connectivity index (χ2v) is 7.15. The van der Waals surface area contributed by atoms with E-state index in [4.69, 9.17) is 10.1 Å². The van der Waals surface area contributed by atoms with E-state index in [1.165, 1.54) is 30.3 Å². The van der Waals surface area contributed by atoms with Crippen LogP contribution >= 0.6 is 0 Å².